The van der Waals surface area contributed by atoms with Gasteiger partial charge in [-0.25, -0.2) is 0 Å². The quantitative estimate of drug-likeness (QED) is 0.522. The van der Waals surface area contributed by atoms with Crippen molar-refractivity contribution in [3.05, 3.63) is 78.0 Å². The maximum Gasteiger partial charge on any atom is 0.115 e. The number of aliphatic hydroxyl groups is 1. The van der Waals surface area contributed by atoms with Gasteiger partial charge >= 0.3 is 0 Å². The molecule has 0 aromatic heterocycles. The molecule has 3 rings (SSSR count). The standard InChI is InChI=1S/C23H30N4O2/c1-18(24-25-26(2)23(17-28)20-7-4-3-5-8-20)16-27-13-11-19(12-14-27)21-9-6-10-22(29)15-21/h3-10,15,19,23,28-29H,1,11-14,16-17H2,2H3/b25-24-/t23-/m0/s1. The van der Waals surface area contributed by atoms with Gasteiger partial charge in [-0.3, -0.25) is 9.91 Å². The Hall–Kier alpha value is -2.70. The summed E-state index contributed by atoms with van der Waals surface area (Å²) in [4.78, 5) is 2.33. The number of rotatable bonds is 8. The lowest BCUT2D eigenvalue weighted by Gasteiger charge is -2.32. The highest BCUT2D eigenvalue weighted by atomic mass is 16.3. The number of phenols is 1. The number of aliphatic hydroxyl groups excluding tert-OH is 1. The van der Waals surface area contributed by atoms with Gasteiger partial charge in [-0.1, -0.05) is 54.3 Å². The number of phenolic OH excluding ortho intramolecular Hbond substituents is 1. The Labute approximate surface area is 172 Å². The van der Waals surface area contributed by atoms with Crippen LogP contribution < -0.4 is 0 Å². The Morgan fingerprint density at radius 2 is 1.90 bits per heavy atom. The zero-order chi connectivity index (χ0) is 20.6. The van der Waals surface area contributed by atoms with Crippen molar-refractivity contribution >= 4 is 0 Å². The summed E-state index contributed by atoms with van der Waals surface area (Å²) in [5.41, 5.74) is 2.91. The minimum atomic E-state index is -0.231. The van der Waals surface area contributed by atoms with Crippen molar-refractivity contribution in [3.63, 3.8) is 0 Å². The second-order valence-corrected chi connectivity index (χ2v) is 7.58. The van der Waals surface area contributed by atoms with E-state index < -0.39 is 0 Å². The molecule has 0 unspecified atom stereocenters. The van der Waals surface area contributed by atoms with Crippen LogP contribution in [0.1, 0.15) is 35.9 Å². The number of piperidine rings is 1. The molecule has 1 atom stereocenters. The predicted octanol–water partition coefficient (Wildman–Crippen LogP) is 4.12. The van der Waals surface area contributed by atoms with E-state index in [0.717, 1.165) is 31.5 Å². The first-order chi connectivity index (χ1) is 14.1. The Morgan fingerprint density at radius 3 is 2.55 bits per heavy atom. The summed E-state index contributed by atoms with van der Waals surface area (Å²) in [7, 11) is 1.81. The van der Waals surface area contributed by atoms with Gasteiger partial charge < -0.3 is 10.2 Å². The lowest BCUT2D eigenvalue weighted by Crippen LogP contribution is -2.34. The maximum absolute atomic E-state index is 9.72. The van der Waals surface area contributed by atoms with Crippen molar-refractivity contribution < 1.29 is 10.2 Å². The van der Waals surface area contributed by atoms with Crippen LogP contribution in [0.25, 0.3) is 0 Å². The predicted molar refractivity (Wildman–Crippen MR) is 115 cm³/mol. The number of hydrogen-bond donors (Lipinski definition) is 2. The third-order valence-electron chi connectivity index (χ3n) is 5.47. The molecular formula is C23H30N4O2. The maximum atomic E-state index is 9.72. The molecule has 2 aromatic rings. The lowest BCUT2D eigenvalue weighted by molar-refractivity contribution is 0.143. The first-order valence-electron chi connectivity index (χ1n) is 10.1. The highest BCUT2D eigenvalue weighted by Gasteiger charge is 2.21. The Morgan fingerprint density at radius 1 is 1.17 bits per heavy atom. The van der Waals surface area contributed by atoms with Crippen molar-refractivity contribution in [3.8, 4) is 5.75 Å². The number of aromatic hydroxyl groups is 1. The fraction of sp³-hybridized carbons (Fsp3) is 0.391. The number of hydrogen-bond acceptors (Lipinski definition) is 5. The molecule has 1 aliphatic heterocycles. The summed E-state index contributed by atoms with van der Waals surface area (Å²) in [6.45, 7) is 6.62. The van der Waals surface area contributed by atoms with Gasteiger partial charge in [0.2, 0.25) is 0 Å². The topological polar surface area (TPSA) is 71.7 Å². The number of nitrogens with zero attached hydrogens (tertiary/aromatic N) is 4. The average Bonchev–Trinajstić information content (AvgIpc) is 2.74. The third kappa shape index (κ3) is 5.89. The molecule has 0 amide bonds. The Bertz CT molecular complexity index is 817. The Kier molecular flexibility index (Phi) is 7.38. The zero-order valence-electron chi connectivity index (χ0n) is 17.0. The number of likely N-dealkylation sites (N-methyl/N-ethyl adjacent to an activating group) is 1. The van der Waals surface area contributed by atoms with Gasteiger partial charge in [-0.05, 0) is 55.1 Å². The van der Waals surface area contributed by atoms with E-state index in [9.17, 15) is 10.2 Å². The molecule has 1 heterocycles. The van der Waals surface area contributed by atoms with Crippen LogP contribution in [0, 0.1) is 0 Å². The fourth-order valence-electron chi connectivity index (χ4n) is 3.80. The van der Waals surface area contributed by atoms with E-state index in [4.69, 9.17) is 0 Å². The number of benzene rings is 2. The van der Waals surface area contributed by atoms with E-state index in [1.807, 2.05) is 49.5 Å². The molecule has 154 valence electrons. The molecule has 1 aliphatic rings. The molecule has 1 fully saturated rings. The fourth-order valence-corrected chi connectivity index (χ4v) is 3.80. The van der Waals surface area contributed by atoms with Gasteiger partial charge in [0, 0.05) is 13.6 Å². The molecule has 0 saturated carbocycles. The van der Waals surface area contributed by atoms with Gasteiger partial charge in [0.15, 0.2) is 0 Å². The van der Waals surface area contributed by atoms with Crippen LogP contribution in [-0.4, -0.2) is 53.4 Å². The van der Waals surface area contributed by atoms with Crippen LogP contribution in [0.3, 0.4) is 0 Å². The van der Waals surface area contributed by atoms with Crippen LogP contribution in [-0.2, 0) is 0 Å². The molecule has 0 bridgehead atoms. The summed E-state index contributed by atoms with van der Waals surface area (Å²) in [6.07, 6.45) is 2.10. The van der Waals surface area contributed by atoms with Crippen LogP contribution >= 0.6 is 0 Å². The summed E-state index contributed by atoms with van der Waals surface area (Å²) in [5, 5.41) is 29.6. The molecule has 0 spiro atoms. The molecule has 2 aromatic carbocycles. The average molecular weight is 395 g/mol. The molecule has 2 N–H and O–H groups in total. The van der Waals surface area contributed by atoms with Crippen molar-refractivity contribution in [1.82, 2.24) is 9.91 Å². The normalized spacial score (nSPS) is 16.8. The first kappa shape index (κ1) is 21.0. The molecule has 0 radical (unpaired) electrons. The summed E-state index contributed by atoms with van der Waals surface area (Å²) in [6, 6.07) is 17.1. The second-order valence-electron chi connectivity index (χ2n) is 7.58. The van der Waals surface area contributed by atoms with Gasteiger partial charge in [0.25, 0.3) is 0 Å². The van der Waals surface area contributed by atoms with Gasteiger partial charge in [-0.15, -0.1) is 5.11 Å². The van der Waals surface area contributed by atoms with Crippen molar-refractivity contribution in [2.45, 2.75) is 24.8 Å². The van der Waals surface area contributed by atoms with E-state index in [-0.39, 0.29) is 12.6 Å². The molecule has 29 heavy (non-hydrogen) atoms. The first-order valence-corrected chi connectivity index (χ1v) is 10.1. The molecular weight excluding hydrogens is 364 g/mol. The van der Waals surface area contributed by atoms with E-state index in [1.54, 1.807) is 11.1 Å². The smallest absolute Gasteiger partial charge is 0.115 e. The third-order valence-corrected chi connectivity index (χ3v) is 5.47. The van der Waals surface area contributed by atoms with Crippen LogP contribution in [0.4, 0.5) is 0 Å². The van der Waals surface area contributed by atoms with Crippen LogP contribution in [0.15, 0.2) is 77.2 Å². The van der Waals surface area contributed by atoms with E-state index in [1.165, 1.54) is 5.56 Å². The van der Waals surface area contributed by atoms with E-state index >= 15 is 0 Å². The van der Waals surface area contributed by atoms with Crippen molar-refractivity contribution in [2.24, 2.45) is 10.3 Å². The zero-order valence-corrected chi connectivity index (χ0v) is 17.0. The van der Waals surface area contributed by atoms with E-state index in [0.29, 0.717) is 23.9 Å². The highest BCUT2D eigenvalue weighted by Crippen LogP contribution is 2.30. The molecule has 1 saturated heterocycles. The van der Waals surface area contributed by atoms with Crippen LogP contribution in [0.2, 0.25) is 0 Å². The molecule has 0 aliphatic carbocycles. The SMILES string of the molecule is C=C(CN1CCC(c2cccc(O)c2)CC1)/N=N\N(C)[C@@H](CO)c1ccccc1. The van der Waals surface area contributed by atoms with Gasteiger partial charge in [-0.2, -0.15) is 0 Å². The minimum Gasteiger partial charge on any atom is -0.508 e. The molecule has 6 nitrogen and oxygen atoms in total. The number of likely N-dealkylation sites (tertiary alicyclic amines) is 1. The largest absolute Gasteiger partial charge is 0.508 e. The summed E-state index contributed by atoms with van der Waals surface area (Å²) < 4.78 is 0. The lowest BCUT2D eigenvalue weighted by atomic mass is 9.89. The van der Waals surface area contributed by atoms with Gasteiger partial charge in [0.1, 0.15) is 5.75 Å². The minimum absolute atomic E-state index is 0.0332. The molecule has 6 heteroatoms. The van der Waals surface area contributed by atoms with Crippen LogP contribution in [0.5, 0.6) is 5.75 Å². The Balaban J connectivity index is 1.48. The van der Waals surface area contributed by atoms with E-state index in [2.05, 4.69) is 27.9 Å². The summed E-state index contributed by atoms with van der Waals surface area (Å²) >= 11 is 0. The van der Waals surface area contributed by atoms with Gasteiger partial charge in [0.05, 0.1) is 18.3 Å². The van der Waals surface area contributed by atoms with Crippen molar-refractivity contribution in [2.75, 3.05) is 33.3 Å². The second kappa shape index (κ2) is 10.2. The monoisotopic (exact) mass is 394 g/mol. The van der Waals surface area contributed by atoms with Crippen molar-refractivity contribution in [1.29, 1.82) is 0 Å². The summed E-state index contributed by atoms with van der Waals surface area (Å²) in [5.74, 6) is 0.815. The highest BCUT2D eigenvalue weighted by molar-refractivity contribution is 5.30.